The standard InChI is InChI=1S/C17H18F3N3O6S/c1-9(2)14(16(25)21-3)23-15(24)13-7-6-12(28-13)11-5-4-10(8-22-11)29-30(26,27)17(18,19)20/h4-9,14H,1-3H3,(H,21,25)(H,23,24). The first kappa shape index (κ1) is 23.2. The molecule has 0 aliphatic heterocycles. The van der Waals surface area contributed by atoms with Gasteiger partial charge in [0.25, 0.3) is 5.91 Å². The molecule has 164 valence electrons. The van der Waals surface area contributed by atoms with Gasteiger partial charge >= 0.3 is 15.6 Å². The molecule has 1 atom stereocenters. The third-order valence-electron chi connectivity index (χ3n) is 3.79. The number of nitrogens with zero attached hydrogens (tertiary/aromatic N) is 1. The summed E-state index contributed by atoms with van der Waals surface area (Å²) in [5, 5.41) is 4.98. The molecular weight excluding hydrogens is 431 g/mol. The molecule has 0 saturated carbocycles. The Morgan fingerprint density at radius 3 is 2.33 bits per heavy atom. The van der Waals surface area contributed by atoms with Gasteiger partial charge in [0.15, 0.2) is 17.3 Å². The van der Waals surface area contributed by atoms with Gasteiger partial charge in [0, 0.05) is 7.05 Å². The molecule has 2 rings (SSSR count). The maximum atomic E-state index is 12.3. The maximum Gasteiger partial charge on any atom is 0.534 e. The highest BCUT2D eigenvalue weighted by molar-refractivity contribution is 7.88. The maximum absolute atomic E-state index is 12.3. The lowest BCUT2D eigenvalue weighted by Crippen LogP contribution is -2.48. The number of nitrogens with one attached hydrogen (secondary N) is 2. The molecule has 0 spiro atoms. The Hall–Kier alpha value is -3.09. The Kier molecular flexibility index (Phi) is 6.75. The highest BCUT2D eigenvalue weighted by atomic mass is 32.2. The van der Waals surface area contributed by atoms with Crippen LogP contribution in [0.25, 0.3) is 11.5 Å². The Labute approximate surface area is 169 Å². The number of rotatable bonds is 7. The van der Waals surface area contributed by atoms with Crippen molar-refractivity contribution in [1.29, 1.82) is 0 Å². The van der Waals surface area contributed by atoms with Crippen LogP contribution in [-0.2, 0) is 14.9 Å². The van der Waals surface area contributed by atoms with Crippen LogP contribution in [0.3, 0.4) is 0 Å². The lowest BCUT2D eigenvalue weighted by molar-refractivity contribution is -0.123. The van der Waals surface area contributed by atoms with Gasteiger partial charge in [0.2, 0.25) is 5.91 Å². The van der Waals surface area contributed by atoms with E-state index < -0.39 is 33.3 Å². The summed E-state index contributed by atoms with van der Waals surface area (Å²) in [6.45, 7) is 3.50. The largest absolute Gasteiger partial charge is 0.534 e. The summed E-state index contributed by atoms with van der Waals surface area (Å²) in [7, 11) is -4.37. The van der Waals surface area contributed by atoms with Gasteiger partial charge in [-0.3, -0.25) is 9.59 Å². The zero-order valence-corrected chi connectivity index (χ0v) is 16.8. The zero-order chi connectivity index (χ0) is 22.7. The summed E-state index contributed by atoms with van der Waals surface area (Å²) in [5.41, 5.74) is -5.46. The fraction of sp³-hybridized carbons (Fsp3) is 0.353. The van der Waals surface area contributed by atoms with Gasteiger partial charge in [-0.15, -0.1) is 0 Å². The summed E-state index contributed by atoms with van der Waals surface area (Å²) >= 11 is 0. The van der Waals surface area contributed by atoms with Crippen molar-refractivity contribution in [3.8, 4) is 17.2 Å². The summed E-state index contributed by atoms with van der Waals surface area (Å²) in [6, 6.07) is 4.03. The number of halogens is 3. The van der Waals surface area contributed by atoms with E-state index in [2.05, 4.69) is 19.8 Å². The van der Waals surface area contributed by atoms with E-state index in [1.165, 1.54) is 19.2 Å². The number of hydrogen-bond donors (Lipinski definition) is 2. The predicted octanol–water partition coefficient (Wildman–Crippen LogP) is 2.07. The van der Waals surface area contributed by atoms with Crippen molar-refractivity contribution >= 4 is 21.9 Å². The van der Waals surface area contributed by atoms with Gasteiger partial charge in [-0.25, -0.2) is 4.98 Å². The topological polar surface area (TPSA) is 128 Å². The van der Waals surface area contributed by atoms with Crippen molar-refractivity contribution in [1.82, 2.24) is 15.6 Å². The molecule has 0 bridgehead atoms. The zero-order valence-electron chi connectivity index (χ0n) is 16.0. The van der Waals surface area contributed by atoms with Crippen LogP contribution in [0.5, 0.6) is 5.75 Å². The molecule has 2 heterocycles. The number of amides is 2. The fourth-order valence-electron chi connectivity index (χ4n) is 2.25. The van der Waals surface area contributed by atoms with E-state index in [0.717, 1.165) is 18.3 Å². The molecule has 0 aliphatic rings. The minimum absolute atomic E-state index is 0.0893. The van der Waals surface area contributed by atoms with Crippen LogP contribution in [0.15, 0.2) is 34.9 Å². The number of carbonyl (C=O) groups excluding carboxylic acids is 2. The number of aromatic nitrogens is 1. The molecule has 2 N–H and O–H groups in total. The summed E-state index contributed by atoms with van der Waals surface area (Å²) in [5.74, 6) is -1.90. The van der Waals surface area contributed by atoms with Crippen molar-refractivity contribution in [2.75, 3.05) is 7.05 Å². The van der Waals surface area contributed by atoms with Gasteiger partial charge in [-0.2, -0.15) is 21.6 Å². The van der Waals surface area contributed by atoms with Crippen LogP contribution in [-0.4, -0.2) is 43.8 Å². The first-order valence-corrected chi connectivity index (χ1v) is 9.86. The number of hydrogen-bond acceptors (Lipinski definition) is 7. The van der Waals surface area contributed by atoms with Crippen LogP contribution in [0.1, 0.15) is 24.4 Å². The summed E-state index contributed by atoms with van der Waals surface area (Å²) in [6.07, 6.45) is 0.765. The minimum atomic E-state index is -5.81. The van der Waals surface area contributed by atoms with Crippen LogP contribution in [0.2, 0.25) is 0 Å². The lowest BCUT2D eigenvalue weighted by atomic mass is 10.0. The number of alkyl halides is 3. The molecule has 1 unspecified atom stereocenters. The Morgan fingerprint density at radius 2 is 1.83 bits per heavy atom. The van der Waals surface area contributed by atoms with Crippen molar-refractivity contribution in [2.24, 2.45) is 5.92 Å². The normalized spacial score (nSPS) is 13.0. The van der Waals surface area contributed by atoms with E-state index in [1.54, 1.807) is 13.8 Å². The quantitative estimate of drug-likeness (QED) is 0.489. The smallest absolute Gasteiger partial charge is 0.449 e. The first-order valence-electron chi connectivity index (χ1n) is 8.45. The number of pyridine rings is 1. The van der Waals surface area contributed by atoms with Gasteiger partial charge in [-0.1, -0.05) is 13.8 Å². The molecule has 0 fully saturated rings. The molecule has 13 heteroatoms. The van der Waals surface area contributed by atoms with Gasteiger partial charge in [0.1, 0.15) is 11.7 Å². The summed E-state index contributed by atoms with van der Waals surface area (Å²) in [4.78, 5) is 28.0. The van der Waals surface area contributed by atoms with Crippen LogP contribution >= 0.6 is 0 Å². The van der Waals surface area contributed by atoms with Crippen LogP contribution in [0, 0.1) is 5.92 Å². The molecule has 0 aromatic carbocycles. The molecule has 2 aromatic rings. The highest BCUT2D eigenvalue weighted by Gasteiger charge is 2.48. The number of carbonyl (C=O) groups is 2. The van der Waals surface area contributed by atoms with Gasteiger partial charge in [0.05, 0.1) is 6.20 Å². The molecular formula is C17H18F3N3O6S. The predicted molar refractivity (Wildman–Crippen MR) is 97.7 cm³/mol. The molecule has 9 nitrogen and oxygen atoms in total. The minimum Gasteiger partial charge on any atom is -0.449 e. The van der Waals surface area contributed by atoms with E-state index in [0.29, 0.717) is 0 Å². The van der Waals surface area contributed by atoms with Crippen molar-refractivity contribution < 1.29 is 39.8 Å². The monoisotopic (exact) mass is 449 g/mol. The Balaban J connectivity index is 2.14. The second-order valence-electron chi connectivity index (χ2n) is 6.34. The molecule has 0 saturated heterocycles. The first-order chi connectivity index (χ1) is 13.9. The highest BCUT2D eigenvalue weighted by Crippen LogP contribution is 2.28. The SMILES string of the molecule is CNC(=O)C(NC(=O)c1ccc(-c2ccc(OS(=O)(=O)C(F)(F)F)cn2)o1)C(C)C. The van der Waals surface area contributed by atoms with E-state index in [9.17, 15) is 31.2 Å². The second-order valence-corrected chi connectivity index (χ2v) is 7.87. The van der Waals surface area contributed by atoms with Crippen molar-refractivity contribution in [2.45, 2.75) is 25.4 Å². The van der Waals surface area contributed by atoms with Crippen molar-refractivity contribution in [3.63, 3.8) is 0 Å². The second kappa shape index (κ2) is 8.73. The van der Waals surface area contributed by atoms with E-state index >= 15 is 0 Å². The molecule has 0 radical (unpaired) electrons. The fourth-order valence-corrected chi connectivity index (χ4v) is 2.70. The van der Waals surface area contributed by atoms with E-state index in [1.807, 2.05) is 0 Å². The van der Waals surface area contributed by atoms with E-state index in [4.69, 9.17) is 4.42 Å². The van der Waals surface area contributed by atoms with Gasteiger partial charge in [-0.05, 0) is 30.2 Å². The molecule has 2 aromatic heterocycles. The number of likely N-dealkylation sites (N-methyl/N-ethyl adjacent to an activating group) is 1. The van der Waals surface area contributed by atoms with E-state index in [-0.39, 0.29) is 29.0 Å². The van der Waals surface area contributed by atoms with Crippen molar-refractivity contribution in [3.05, 3.63) is 36.2 Å². The third kappa shape index (κ3) is 5.28. The molecule has 0 aliphatic carbocycles. The van der Waals surface area contributed by atoms with Gasteiger partial charge < -0.3 is 19.2 Å². The van der Waals surface area contributed by atoms with Crippen LogP contribution < -0.4 is 14.8 Å². The average molecular weight is 449 g/mol. The Bertz CT molecular complexity index is 1020. The summed E-state index contributed by atoms with van der Waals surface area (Å²) < 4.78 is 68.3. The lowest BCUT2D eigenvalue weighted by Gasteiger charge is -2.19. The third-order valence-corrected chi connectivity index (χ3v) is 4.77. The Morgan fingerprint density at radius 1 is 1.17 bits per heavy atom. The molecule has 30 heavy (non-hydrogen) atoms. The average Bonchev–Trinajstić information content (AvgIpc) is 3.14. The molecule has 2 amide bonds. The van der Waals surface area contributed by atoms with Crippen LogP contribution in [0.4, 0.5) is 13.2 Å². The number of furan rings is 1.